The van der Waals surface area contributed by atoms with Crippen molar-refractivity contribution in [3.05, 3.63) is 23.9 Å². The van der Waals surface area contributed by atoms with Crippen molar-refractivity contribution >= 4 is 5.82 Å². The van der Waals surface area contributed by atoms with Crippen LogP contribution in [-0.2, 0) is 6.54 Å². The fourth-order valence-electron chi connectivity index (χ4n) is 2.52. The fraction of sp³-hybridized carbons (Fsp3) is 0.688. The number of rotatable bonds is 9. The molecule has 20 heavy (non-hydrogen) atoms. The van der Waals surface area contributed by atoms with Crippen molar-refractivity contribution in [2.45, 2.75) is 39.8 Å². The molecule has 4 heteroatoms. The summed E-state index contributed by atoms with van der Waals surface area (Å²) in [6, 6.07) is 4.65. The highest BCUT2D eigenvalue weighted by Crippen LogP contribution is 2.19. The zero-order valence-electron chi connectivity index (χ0n) is 13.7. The third-order valence-electron chi connectivity index (χ3n) is 3.38. The van der Waals surface area contributed by atoms with Gasteiger partial charge in [0.15, 0.2) is 0 Å². The summed E-state index contributed by atoms with van der Waals surface area (Å²) in [4.78, 5) is 9.24. The number of aromatic nitrogens is 1. The van der Waals surface area contributed by atoms with Crippen molar-refractivity contribution in [3.8, 4) is 0 Å². The lowest BCUT2D eigenvalue weighted by molar-refractivity contribution is 0.372. The highest BCUT2D eigenvalue weighted by molar-refractivity contribution is 5.47. The molecule has 1 atom stereocenters. The van der Waals surface area contributed by atoms with E-state index in [9.17, 15) is 0 Å². The lowest BCUT2D eigenvalue weighted by Gasteiger charge is -2.32. The van der Waals surface area contributed by atoms with Crippen LogP contribution in [0.15, 0.2) is 18.3 Å². The van der Waals surface area contributed by atoms with E-state index in [2.05, 4.69) is 61.0 Å². The molecule has 114 valence electrons. The molecule has 1 heterocycles. The summed E-state index contributed by atoms with van der Waals surface area (Å²) in [5.74, 6) is 1.12. The number of nitrogens with zero attached hydrogens (tertiary/aromatic N) is 3. The Morgan fingerprint density at radius 1 is 1.30 bits per heavy atom. The predicted molar refractivity (Wildman–Crippen MR) is 87.3 cm³/mol. The first-order valence-corrected chi connectivity index (χ1v) is 7.66. The largest absolute Gasteiger partial charge is 0.353 e. The standard InChI is InChI=1S/C16H30N4/c1-6-10-17-12-15-9-8-11-18-16(15)20(7-2)14(3)13-19(4)5/h8-9,11,14,17H,6-7,10,12-13H2,1-5H3. The zero-order valence-corrected chi connectivity index (χ0v) is 13.7. The van der Waals surface area contributed by atoms with Gasteiger partial charge in [0, 0.05) is 37.4 Å². The molecular weight excluding hydrogens is 248 g/mol. The van der Waals surface area contributed by atoms with Crippen LogP contribution in [0.2, 0.25) is 0 Å². The molecule has 0 aromatic carbocycles. The van der Waals surface area contributed by atoms with Gasteiger partial charge in [0.25, 0.3) is 0 Å². The van der Waals surface area contributed by atoms with Gasteiger partial charge in [-0.25, -0.2) is 4.98 Å². The van der Waals surface area contributed by atoms with Gasteiger partial charge >= 0.3 is 0 Å². The minimum Gasteiger partial charge on any atom is -0.353 e. The molecule has 4 nitrogen and oxygen atoms in total. The van der Waals surface area contributed by atoms with Gasteiger partial charge in [0.05, 0.1) is 0 Å². The maximum Gasteiger partial charge on any atom is 0.133 e. The summed E-state index contributed by atoms with van der Waals surface area (Å²) < 4.78 is 0. The summed E-state index contributed by atoms with van der Waals surface area (Å²) in [6.45, 7) is 10.6. The van der Waals surface area contributed by atoms with Crippen LogP contribution in [0.4, 0.5) is 5.82 Å². The molecule has 0 radical (unpaired) electrons. The molecule has 0 saturated carbocycles. The maximum atomic E-state index is 4.62. The molecule has 0 aliphatic carbocycles. The van der Waals surface area contributed by atoms with Gasteiger partial charge in [-0.3, -0.25) is 0 Å². The number of hydrogen-bond donors (Lipinski definition) is 1. The molecule has 0 saturated heterocycles. The van der Waals surface area contributed by atoms with Crippen LogP contribution < -0.4 is 10.2 Å². The van der Waals surface area contributed by atoms with Crippen LogP contribution in [0.25, 0.3) is 0 Å². The third-order valence-corrected chi connectivity index (χ3v) is 3.38. The Bertz CT molecular complexity index is 378. The highest BCUT2D eigenvalue weighted by Gasteiger charge is 2.17. The first-order valence-electron chi connectivity index (χ1n) is 7.66. The van der Waals surface area contributed by atoms with E-state index in [1.54, 1.807) is 0 Å². The molecule has 1 N–H and O–H groups in total. The number of pyridine rings is 1. The fourth-order valence-corrected chi connectivity index (χ4v) is 2.52. The van der Waals surface area contributed by atoms with Gasteiger partial charge in [0.2, 0.25) is 0 Å². The topological polar surface area (TPSA) is 31.4 Å². The summed E-state index contributed by atoms with van der Waals surface area (Å²) >= 11 is 0. The van der Waals surface area contributed by atoms with Crippen LogP contribution in [0, 0.1) is 0 Å². The highest BCUT2D eigenvalue weighted by atomic mass is 15.2. The van der Waals surface area contributed by atoms with E-state index in [0.29, 0.717) is 6.04 Å². The second kappa shape index (κ2) is 8.93. The molecule has 1 aromatic heterocycles. The molecule has 1 unspecified atom stereocenters. The van der Waals surface area contributed by atoms with E-state index in [-0.39, 0.29) is 0 Å². The Morgan fingerprint density at radius 3 is 2.65 bits per heavy atom. The molecule has 0 fully saturated rings. The molecule has 0 amide bonds. The Morgan fingerprint density at radius 2 is 2.05 bits per heavy atom. The van der Waals surface area contributed by atoms with Gasteiger partial charge in [0.1, 0.15) is 5.82 Å². The first-order chi connectivity index (χ1) is 9.60. The third kappa shape index (κ3) is 5.10. The lowest BCUT2D eigenvalue weighted by atomic mass is 10.2. The minimum atomic E-state index is 0.454. The average molecular weight is 278 g/mol. The monoisotopic (exact) mass is 278 g/mol. The van der Waals surface area contributed by atoms with Crippen LogP contribution >= 0.6 is 0 Å². The van der Waals surface area contributed by atoms with Crippen molar-refractivity contribution in [2.24, 2.45) is 0 Å². The van der Waals surface area contributed by atoms with Crippen LogP contribution in [-0.4, -0.2) is 49.7 Å². The smallest absolute Gasteiger partial charge is 0.133 e. The average Bonchev–Trinajstić information content (AvgIpc) is 2.40. The quantitative estimate of drug-likeness (QED) is 0.703. The molecule has 0 bridgehead atoms. The second-order valence-electron chi connectivity index (χ2n) is 5.56. The van der Waals surface area contributed by atoms with Crippen molar-refractivity contribution in [2.75, 3.05) is 38.6 Å². The van der Waals surface area contributed by atoms with Crippen molar-refractivity contribution in [3.63, 3.8) is 0 Å². The SMILES string of the molecule is CCCNCc1cccnc1N(CC)C(C)CN(C)C. The number of likely N-dealkylation sites (N-methyl/N-ethyl adjacent to an activating group) is 2. The van der Waals surface area contributed by atoms with Gasteiger partial charge in [-0.15, -0.1) is 0 Å². The summed E-state index contributed by atoms with van der Waals surface area (Å²) in [6.07, 6.45) is 3.05. The number of nitrogens with one attached hydrogen (secondary N) is 1. The Kier molecular flexibility index (Phi) is 7.55. The zero-order chi connectivity index (χ0) is 15.0. The Hall–Kier alpha value is -1.13. The molecule has 1 rings (SSSR count). The molecular formula is C16H30N4. The van der Waals surface area contributed by atoms with Crippen molar-refractivity contribution in [1.82, 2.24) is 15.2 Å². The van der Waals surface area contributed by atoms with Crippen LogP contribution in [0.3, 0.4) is 0 Å². The van der Waals surface area contributed by atoms with E-state index < -0.39 is 0 Å². The van der Waals surface area contributed by atoms with Crippen LogP contribution in [0.1, 0.15) is 32.8 Å². The van der Waals surface area contributed by atoms with E-state index in [0.717, 1.165) is 38.4 Å². The van der Waals surface area contributed by atoms with E-state index in [1.165, 1.54) is 5.56 Å². The number of hydrogen-bond acceptors (Lipinski definition) is 4. The van der Waals surface area contributed by atoms with E-state index >= 15 is 0 Å². The Balaban J connectivity index is 2.85. The predicted octanol–water partition coefficient (Wildman–Crippen LogP) is 2.36. The van der Waals surface area contributed by atoms with E-state index in [4.69, 9.17) is 0 Å². The van der Waals surface area contributed by atoms with E-state index in [1.807, 2.05) is 12.3 Å². The molecule has 1 aromatic rings. The van der Waals surface area contributed by atoms with Crippen molar-refractivity contribution < 1.29 is 0 Å². The molecule has 0 aliphatic rings. The summed E-state index contributed by atoms with van der Waals surface area (Å²) in [5.41, 5.74) is 1.29. The second-order valence-corrected chi connectivity index (χ2v) is 5.56. The first kappa shape index (κ1) is 16.9. The Labute approximate surface area is 124 Å². The van der Waals surface area contributed by atoms with Gasteiger partial charge in [-0.1, -0.05) is 13.0 Å². The van der Waals surface area contributed by atoms with Gasteiger partial charge in [-0.2, -0.15) is 0 Å². The number of anilines is 1. The van der Waals surface area contributed by atoms with Gasteiger partial charge < -0.3 is 15.1 Å². The van der Waals surface area contributed by atoms with Crippen molar-refractivity contribution in [1.29, 1.82) is 0 Å². The normalized spacial score (nSPS) is 12.7. The maximum absolute atomic E-state index is 4.62. The van der Waals surface area contributed by atoms with Crippen LogP contribution in [0.5, 0.6) is 0 Å². The summed E-state index contributed by atoms with van der Waals surface area (Å²) in [5, 5.41) is 3.47. The molecule has 0 spiro atoms. The molecule has 0 aliphatic heterocycles. The lowest BCUT2D eigenvalue weighted by Crippen LogP contribution is -2.41. The summed E-state index contributed by atoms with van der Waals surface area (Å²) in [7, 11) is 4.24. The minimum absolute atomic E-state index is 0.454. The van der Waals surface area contributed by atoms with Gasteiger partial charge in [-0.05, 0) is 47.0 Å².